The molecule has 2 aromatic rings. The first-order valence-corrected chi connectivity index (χ1v) is 8.59. The molecule has 0 bridgehead atoms. The van der Waals surface area contributed by atoms with E-state index in [9.17, 15) is 18.0 Å². The van der Waals surface area contributed by atoms with Crippen LogP contribution in [0.5, 0.6) is 5.88 Å². The molecule has 27 heavy (non-hydrogen) atoms. The summed E-state index contributed by atoms with van der Waals surface area (Å²) < 4.78 is 43.4. The molecule has 0 atom stereocenters. The Morgan fingerprint density at radius 1 is 1.26 bits per heavy atom. The number of nitrogens with one attached hydrogen (secondary N) is 1. The lowest BCUT2D eigenvalue weighted by Crippen LogP contribution is -2.28. The van der Waals surface area contributed by atoms with Crippen LogP contribution < -0.4 is 10.1 Å². The molecule has 0 spiro atoms. The van der Waals surface area contributed by atoms with Crippen molar-refractivity contribution in [3.05, 3.63) is 47.2 Å². The number of nitrogens with zero attached hydrogens (tertiary/aromatic N) is 3. The third kappa shape index (κ3) is 4.79. The zero-order valence-electron chi connectivity index (χ0n) is 14.7. The maximum absolute atomic E-state index is 12.7. The predicted molar refractivity (Wildman–Crippen MR) is 90.7 cm³/mol. The quantitative estimate of drug-likeness (QED) is 0.804. The third-order valence-electron chi connectivity index (χ3n) is 4.33. The Balaban J connectivity index is 1.75. The highest BCUT2D eigenvalue weighted by molar-refractivity contribution is 5.98. The smallest absolute Gasteiger partial charge is 0.433 e. The number of halogens is 3. The van der Waals surface area contributed by atoms with Crippen LogP contribution in [0.25, 0.3) is 0 Å². The van der Waals surface area contributed by atoms with Crippen LogP contribution in [0, 0.1) is 6.92 Å². The van der Waals surface area contributed by atoms with E-state index < -0.39 is 18.5 Å². The largest absolute Gasteiger partial charge is 0.469 e. The Bertz CT molecular complexity index is 820. The lowest BCUT2D eigenvalue weighted by Gasteiger charge is -2.23. The summed E-state index contributed by atoms with van der Waals surface area (Å²) in [4.78, 5) is 24.5. The van der Waals surface area contributed by atoms with Crippen LogP contribution in [0.2, 0.25) is 0 Å². The summed E-state index contributed by atoms with van der Waals surface area (Å²) in [6.07, 6.45) is -1.40. The molecule has 0 saturated carbocycles. The van der Waals surface area contributed by atoms with Gasteiger partial charge in [-0.15, -0.1) is 0 Å². The lowest BCUT2D eigenvalue weighted by atomic mass is 9.90. The first-order valence-electron chi connectivity index (χ1n) is 8.59. The second-order valence-corrected chi connectivity index (χ2v) is 6.31. The van der Waals surface area contributed by atoms with Crippen LogP contribution in [0.4, 0.5) is 13.2 Å². The number of Topliss-reactive ketones (excluding diaryl/α,β-unsaturated/α-hetero) is 1. The second kappa shape index (κ2) is 7.99. The van der Waals surface area contributed by atoms with Crippen molar-refractivity contribution < 1.29 is 22.7 Å². The molecule has 2 aromatic heterocycles. The van der Waals surface area contributed by atoms with Gasteiger partial charge in [-0.1, -0.05) is 6.07 Å². The number of pyridine rings is 1. The fourth-order valence-corrected chi connectivity index (χ4v) is 2.98. The van der Waals surface area contributed by atoms with E-state index in [0.717, 1.165) is 32.0 Å². The topological polar surface area (TPSA) is 77.0 Å². The summed E-state index contributed by atoms with van der Waals surface area (Å²) in [5, 5.41) is 3.26. The monoisotopic (exact) mass is 380 g/mol. The van der Waals surface area contributed by atoms with Crippen LogP contribution >= 0.6 is 0 Å². The molecule has 0 aromatic carbocycles. The van der Waals surface area contributed by atoms with Crippen LogP contribution in [-0.2, 0) is 6.18 Å². The fourth-order valence-electron chi connectivity index (χ4n) is 2.98. The number of ether oxygens (including phenoxy) is 1. The number of hydrogen-bond donors (Lipinski definition) is 1. The molecule has 3 heterocycles. The maximum atomic E-state index is 12.7. The van der Waals surface area contributed by atoms with Crippen LogP contribution in [0.3, 0.4) is 0 Å². The number of aromatic nitrogens is 3. The average Bonchev–Trinajstić information content (AvgIpc) is 2.66. The van der Waals surface area contributed by atoms with Gasteiger partial charge in [-0.25, -0.2) is 15.0 Å². The number of ketones is 1. The Morgan fingerprint density at radius 2 is 2.00 bits per heavy atom. The minimum absolute atomic E-state index is 0.138. The van der Waals surface area contributed by atoms with Gasteiger partial charge in [-0.2, -0.15) is 13.2 Å². The molecule has 6 nitrogen and oxygen atoms in total. The second-order valence-electron chi connectivity index (χ2n) is 6.31. The van der Waals surface area contributed by atoms with E-state index in [1.165, 1.54) is 18.3 Å². The van der Waals surface area contributed by atoms with E-state index in [-0.39, 0.29) is 17.6 Å². The molecule has 1 aliphatic rings. The van der Waals surface area contributed by atoms with Crippen LogP contribution in [0.1, 0.15) is 46.3 Å². The first-order chi connectivity index (χ1) is 12.8. The molecule has 9 heteroatoms. The standard InChI is InChI=1S/C18H19F3N4O2/c1-11-23-9-13(17(24-11)12-5-7-22-8-6-12)14(26)10-27-16-4-2-3-15(25-16)18(19,20)21/h2-4,9,12,22H,5-8,10H2,1H3. The van der Waals surface area contributed by atoms with Gasteiger partial charge in [0.25, 0.3) is 0 Å². The van der Waals surface area contributed by atoms with Crippen molar-refractivity contribution >= 4 is 5.78 Å². The lowest BCUT2D eigenvalue weighted by molar-refractivity contribution is -0.141. The molecule has 144 valence electrons. The SMILES string of the molecule is Cc1ncc(C(=O)COc2cccc(C(F)(F)F)n2)c(C2CCNCC2)n1. The van der Waals surface area contributed by atoms with Crippen molar-refractivity contribution in [2.75, 3.05) is 19.7 Å². The van der Waals surface area contributed by atoms with E-state index in [1.807, 2.05) is 0 Å². The zero-order chi connectivity index (χ0) is 19.4. The number of rotatable bonds is 5. The predicted octanol–water partition coefficient (Wildman–Crippen LogP) is 2.93. The molecular formula is C18H19F3N4O2. The number of piperidine rings is 1. The summed E-state index contributed by atoms with van der Waals surface area (Å²) in [5.41, 5.74) is -0.0457. The molecule has 0 radical (unpaired) electrons. The summed E-state index contributed by atoms with van der Waals surface area (Å²) >= 11 is 0. The van der Waals surface area contributed by atoms with Gasteiger partial charge in [0.1, 0.15) is 11.5 Å². The Hall–Kier alpha value is -2.55. The van der Waals surface area contributed by atoms with E-state index in [0.29, 0.717) is 17.1 Å². The van der Waals surface area contributed by atoms with Gasteiger partial charge in [-0.3, -0.25) is 4.79 Å². The number of hydrogen-bond acceptors (Lipinski definition) is 6. The van der Waals surface area contributed by atoms with E-state index in [4.69, 9.17) is 4.74 Å². The Labute approximate surface area is 154 Å². The number of aryl methyl sites for hydroxylation is 1. The number of carbonyl (C=O) groups is 1. The van der Waals surface area contributed by atoms with Gasteiger partial charge in [0.15, 0.2) is 6.61 Å². The van der Waals surface area contributed by atoms with Gasteiger partial charge >= 0.3 is 6.18 Å². The Kier molecular flexibility index (Phi) is 5.69. The minimum atomic E-state index is -4.57. The number of carbonyl (C=O) groups excluding carboxylic acids is 1. The van der Waals surface area contributed by atoms with Gasteiger partial charge in [0.2, 0.25) is 11.7 Å². The first kappa shape index (κ1) is 19.2. The fraction of sp³-hybridized carbons (Fsp3) is 0.444. The third-order valence-corrected chi connectivity index (χ3v) is 4.33. The molecule has 0 unspecified atom stereocenters. The van der Waals surface area contributed by atoms with E-state index in [1.54, 1.807) is 6.92 Å². The highest BCUT2D eigenvalue weighted by atomic mass is 19.4. The van der Waals surface area contributed by atoms with Crippen LogP contribution in [-0.4, -0.2) is 40.4 Å². The molecule has 1 saturated heterocycles. The van der Waals surface area contributed by atoms with Crippen molar-refractivity contribution in [3.63, 3.8) is 0 Å². The van der Waals surface area contributed by atoms with Gasteiger partial charge in [-0.05, 0) is 38.9 Å². The van der Waals surface area contributed by atoms with Crippen LogP contribution in [0.15, 0.2) is 24.4 Å². The van der Waals surface area contributed by atoms with Gasteiger partial charge in [0.05, 0.1) is 11.3 Å². The van der Waals surface area contributed by atoms with E-state index in [2.05, 4.69) is 20.3 Å². The zero-order valence-corrected chi connectivity index (χ0v) is 14.7. The summed E-state index contributed by atoms with van der Waals surface area (Å²) in [6.45, 7) is 3.00. The van der Waals surface area contributed by atoms with Gasteiger partial charge < -0.3 is 10.1 Å². The van der Waals surface area contributed by atoms with Crippen molar-refractivity contribution in [1.29, 1.82) is 0 Å². The minimum Gasteiger partial charge on any atom is -0.469 e. The molecule has 1 N–H and O–H groups in total. The molecular weight excluding hydrogens is 361 g/mol. The van der Waals surface area contributed by atoms with Crippen molar-refractivity contribution in [1.82, 2.24) is 20.3 Å². The number of alkyl halides is 3. The molecule has 1 fully saturated rings. The maximum Gasteiger partial charge on any atom is 0.433 e. The summed E-state index contributed by atoms with van der Waals surface area (Å²) in [6, 6.07) is 3.31. The van der Waals surface area contributed by atoms with E-state index >= 15 is 0 Å². The Morgan fingerprint density at radius 3 is 2.70 bits per heavy atom. The highest BCUT2D eigenvalue weighted by Gasteiger charge is 2.32. The average molecular weight is 380 g/mol. The molecule has 0 amide bonds. The highest BCUT2D eigenvalue weighted by Crippen LogP contribution is 2.29. The van der Waals surface area contributed by atoms with Crippen molar-refractivity contribution in [3.8, 4) is 5.88 Å². The summed E-state index contributed by atoms with van der Waals surface area (Å²) in [5.74, 6) is 0.0662. The van der Waals surface area contributed by atoms with Crippen molar-refractivity contribution in [2.45, 2.75) is 31.9 Å². The van der Waals surface area contributed by atoms with Crippen molar-refractivity contribution in [2.24, 2.45) is 0 Å². The summed E-state index contributed by atoms with van der Waals surface area (Å²) in [7, 11) is 0. The normalized spacial score (nSPS) is 15.6. The van der Waals surface area contributed by atoms with Gasteiger partial charge in [0, 0.05) is 18.2 Å². The molecule has 3 rings (SSSR count). The molecule has 1 aliphatic heterocycles. The molecule has 0 aliphatic carbocycles.